The van der Waals surface area contributed by atoms with Gasteiger partial charge in [-0.15, -0.1) is 11.3 Å². The van der Waals surface area contributed by atoms with Crippen molar-refractivity contribution in [3.63, 3.8) is 0 Å². The highest BCUT2D eigenvalue weighted by atomic mass is 32.1. The van der Waals surface area contributed by atoms with E-state index in [0.717, 1.165) is 5.46 Å². The molecule has 39 heavy (non-hydrogen) atoms. The minimum Gasteiger partial charge on any atom is -0.397 e. The second kappa shape index (κ2) is 7.09. The molecular formula is C33H24BNO3S. The van der Waals surface area contributed by atoms with Crippen molar-refractivity contribution in [2.45, 2.75) is 32.2 Å². The first-order chi connectivity index (χ1) is 18.8. The SMILES string of the molecule is CC1(C)OB(c2ccc3c(c2)sc2cc4c(ccc5c4c4cccc6c7ccccc7n5c64)cc23)OC1(C)O. The Kier molecular flexibility index (Phi) is 4.03. The molecule has 1 N–H and O–H groups in total. The normalized spacial score (nSPS) is 19.8. The Hall–Kier alpha value is -3.68. The molecule has 9 rings (SSSR count). The van der Waals surface area contributed by atoms with Crippen LogP contribution >= 0.6 is 11.3 Å². The van der Waals surface area contributed by atoms with Crippen molar-refractivity contribution in [2.75, 3.05) is 0 Å². The van der Waals surface area contributed by atoms with E-state index in [9.17, 15) is 5.11 Å². The fraction of sp³-hybridized carbons (Fsp3) is 0.152. The lowest BCUT2D eigenvalue weighted by Gasteiger charge is -2.30. The van der Waals surface area contributed by atoms with Crippen LogP contribution < -0.4 is 5.46 Å². The average molecular weight is 525 g/mol. The summed E-state index contributed by atoms with van der Waals surface area (Å²) in [5.41, 5.74) is 3.94. The smallest absolute Gasteiger partial charge is 0.397 e. The molecule has 3 aromatic heterocycles. The quantitative estimate of drug-likeness (QED) is 0.225. The molecule has 6 heteroatoms. The largest absolute Gasteiger partial charge is 0.496 e. The Balaban J connectivity index is 1.30. The maximum atomic E-state index is 10.7. The fourth-order valence-corrected chi connectivity index (χ4v) is 7.75. The summed E-state index contributed by atoms with van der Waals surface area (Å²) in [7, 11) is -0.600. The summed E-state index contributed by atoms with van der Waals surface area (Å²) in [4.78, 5) is 0. The molecular weight excluding hydrogens is 501 g/mol. The van der Waals surface area contributed by atoms with Crippen LogP contribution in [-0.4, -0.2) is 28.0 Å². The number of aromatic nitrogens is 1. The summed E-state index contributed by atoms with van der Waals surface area (Å²) in [6.07, 6.45) is 0. The van der Waals surface area contributed by atoms with E-state index >= 15 is 0 Å². The van der Waals surface area contributed by atoms with Gasteiger partial charge in [-0.05, 0) is 67.3 Å². The summed E-state index contributed by atoms with van der Waals surface area (Å²) in [6.45, 7) is 5.37. The summed E-state index contributed by atoms with van der Waals surface area (Å²) in [5.74, 6) is -1.35. The maximum Gasteiger partial charge on any atom is 0.496 e. The molecule has 4 heterocycles. The standard InChI is InChI=1S/C33H24BNO3S/c1-32(2)33(3,36)38-34(37-32)19-12-13-21-25-15-18-11-14-27-30(24(18)17-29(25)39-28(21)16-19)23-9-6-8-22-20-7-4-5-10-26(20)35(27)31(22)23/h4-17,36H,1-3H3. The Morgan fingerprint density at radius 1 is 0.692 bits per heavy atom. The van der Waals surface area contributed by atoms with E-state index in [4.69, 9.17) is 9.31 Å². The molecule has 1 unspecified atom stereocenters. The lowest BCUT2D eigenvalue weighted by atomic mass is 9.79. The first kappa shape index (κ1) is 22.2. The van der Waals surface area contributed by atoms with Gasteiger partial charge < -0.3 is 18.8 Å². The van der Waals surface area contributed by atoms with Gasteiger partial charge in [0.2, 0.25) is 0 Å². The summed E-state index contributed by atoms with van der Waals surface area (Å²) >= 11 is 1.80. The van der Waals surface area contributed by atoms with Crippen molar-refractivity contribution in [1.82, 2.24) is 4.40 Å². The molecule has 5 aromatic carbocycles. The second-order valence-corrected chi connectivity index (χ2v) is 12.6. The minimum absolute atomic E-state index is 0.600. The van der Waals surface area contributed by atoms with Crippen LogP contribution in [0, 0.1) is 0 Å². The van der Waals surface area contributed by atoms with E-state index in [0.29, 0.717) is 0 Å². The van der Waals surface area contributed by atoms with Crippen molar-refractivity contribution >= 4 is 93.0 Å². The third-order valence-electron chi connectivity index (χ3n) is 8.95. The molecule has 1 aliphatic heterocycles. The Morgan fingerprint density at radius 3 is 2.33 bits per heavy atom. The average Bonchev–Trinajstić information content (AvgIpc) is 3.62. The Bertz CT molecular complexity index is 2300. The molecule has 0 amide bonds. The number of nitrogens with zero attached hydrogens (tertiary/aromatic N) is 1. The summed E-state index contributed by atoms with van der Waals surface area (Å²) in [5, 5.41) is 20.9. The summed E-state index contributed by atoms with van der Waals surface area (Å²) in [6, 6.07) is 31.0. The fourth-order valence-electron chi connectivity index (χ4n) is 6.57. The molecule has 0 bridgehead atoms. The lowest BCUT2D eigenvalue weighted by molar-refractivity contribution is -0.176. The minimum atomic E-state index is -1.35. The number of hydrogen-bond donors (Lipinski definition) is 1. The number of rotatable bonds is 1. The van der Waals surface area contributed by atoms with Gasteiger partial charge in [-0.3, -0.25) is 0 Å². The highest BCUT2D eigenvalue weighted by Crippen LogP contribution is 2.44. The molecule has 1 saturated heterocycles. The van der Waals surface area contributed by atoms with Crippen LogP contribution in [0.1, 0.15) is 20.8 Å². The number of benzene rings is 5. The number of thiophene rings is 1. The first-order valence-corrected chi connectivity index (χ1v) is 14.2. The third-order valence-corrected chi connectivity index (χ3v) is 10.1. The van der Waals surface area contributed by atoms with Crippen molar-refractivity contribution in [3.05, 3.63) is 84.9 Å². The second-order valence-electron chi connectivity index (χ2n) is 11.5. The Labute approximate surface area is 228 Å². The summed E-state index contributed by atoms with van der Waals surface area (Å²) < 4.78 is 16.9. The van der Waals surface area contributed by atoms with Gasteiger partial charge in [0, 0.05) is 41.7 Å². The molecule has 4 nitrogen and oxygen atoms in total. The predicted molar refractivity (Wildman–Crippen MR) is 164 cm³/mol. The van der Waals surface area contributed by atoms with E-state index in [1.807, 2.05) is 13.8 Å². The number of aliphatic hydroxyl groups is 1. The van der Waals surface area contributed by atoms with Gasteiger partial charge in [0.15, 0.2) is 5.79 Å². The van der Waals surface area contributed by atoms with Gasteiger partial charge in [-0.2, -0.15) is 0 Å². The molecule has 8 aromatic rings. The van der Waals surface area contributed by atoms with Crippen LogP contribution in [0.2, 0.25) is 0 Å². The van der Waals surface area contributed by atoms with E-state index in [2.05, 4.69) is 89.3 Å². The van der Waals surface area contributed by atoms with Crippen LogP contribution in [0.3, 0.4) is 0 Å². The number of para-hydroxylation sites is 2. The topological polar surface area (TPSA) is 43.1 Å². The number of fused-ring (bicyclic) bond motifs is 11. The van der Waals surface area contributed by atoms with E-state index in [-0.39, 0.29) is 0 Å². The number of hydrogen-bond acceptors (Lipinski definition) is 4. The van der Waals surface area contributed by atoms with Gasteiger partial charge in [0.05, 0.1) is 16.6 Å². The molecule has 188 valence electrons. The highest BCUT2D eigenvalue weighted by molar-refractivity contribution is 7.26. The van der Waals surface area contributed by atoms with Crippen LogP contribution in [-0.2, 0) is 9.31 Å². The molecule has 0 saturated carbocycles. The van der Waals surface area contributed by atoms with Crippen molar-refractivity contribution in [2.24, 2.45) is 0 Å². The molecule has 1 atom stereocenters. The van der Waals surface area contributed by atoms with E-state index in [1.54, 1.807) is 18.3 Å². The van der Waals surface area contributed by atoms with Crippen molar-refractivity contribution in [1.29, 1.82) is 0 Å². The third kappa shape index (κ3) is 2.74. The molecule has 0 aliphatic carbocycles. The van der Waals surface area contributed by atoms with Gasteiger partial charge in [0.1, 0.15) is 5.60 Å². The van der Waals surface area contributed by atoms with Crippen LogP contribution in [0.15, 0.2) is 84.9 Å². The van der Waals surface area contributed by atoms with Gasteiger partial charge in [0.25, 0.3) is 0 Å². The monoisotopic (exact) mass is 525 g/mol. The van der Waals surface area contributed by atoms with Crippen LogP contribution in [0.4, 0.5) is 0 Å². The molecule has 0 spiro atoms. The zero-order valence-electron chi connectivity index (χ0n) is 21.8. The van der Waals surface area contributed by atoms with Crippen LogP contribution in [0.5, 0.6) is 0 Å². The Morgan fingerprint density at radius 2 is 1.49 bits per heavy atom. The van der Waals surface area contributed by atoms with Crippen LogP contribution in [0.25, 0.3) is 69.0 Å². The molecule has 0 radical (unpaired) electrons. The van der Waals surface area contributed by atoms with Gasteiger partial charge in [-0.1, -0.05) is 54.6 Å². The van der Waals surface area contributed by atoms with E-state index < -0.39 is 18.5 Å². The maximum absolute atomic E-state index is 10.7. The molecule has 1 aliphatic rings. The zero-order valence-corrected chi connectivity index (χ0v) is 22.6. The zero-order chi connectivity index (χ0) is 26.3. The van der Waals surface area contributed by atoms with E-state index in [1.165, 1.54) is 69.0 Å². The van der Waals surface area contributed by atoms with Crippen molar-refractivity contribution < 1.29 is 14.4 Å². The van der Waals surface area contributed by atoms with Crippen molar-refractivity contribution in [3.8, 4) is 0 Å². The highest BCUT2D eigenvalue weighted by Gasteiger charge is 2.54. The first-order valence-electron chi connectivity index (χ1n) is 13.3. The molecule has 1 fully saturated rings. The van der Waals surface area contributed by atoms with Gasteiger partial charge in [-0.25, -0.2) is 0 Å². The predicted octanol–water partition coefficient (Wildman–Crippen LogP) is 7.59. The lowest BCUT2D eigenvalue weighted by Crippen LogP contribution is -2.44. The van der Waals surface area contributed by atoms with Gasteiger partial charge >= 0.3 is 7.12 Å².